The van der Waals surface area contributed by atoms with Gasteiger partial charge in [-0.05, 0) is 25.0 Å². The van der Waals surface area contributed by atoms with Crippen LogP contribution in [0.1, 0.15) is 25.0 Å². The van der Waals surface area contributed by atoms with E-state index < -0.39 is 6.04 Å². The largest absolute Gasteiger partial charge is 0.373 e. The summed E-state index contributed by atoms with van der Waals surface area (Å²) in [5.41, 5.74) is 2.30. The molecule has 0 spiro atoms. The summed E-state index contributed by atoms with van der Waals surface area (Å²) in [5, 5.41) is 8.11. The first kappa shape index (κ1) is 17.7. The topological polar surface area (TPSA) is 82.7 Å². The van der Waals surface area contributed by atoms with E-state index in [0.29, 0.717) is 13.1 Å². The Morgan fingerprint density at radius 3 is 2.56 bits per heavy atom. The van der Waals surface area contributed by atoms with E-state index >= 15 is 0 Å². The molecule has 2 aliphatic rings. The van der Waals surface area contributed by atoms with Crippen molar-refractivity contribution < 1.29 is 14.3 Å². The second-order valence-electron chi connectivity index (χ2n) is 6.84. The van der Waals surface area contributed by atoms with Crippen molar-refractivity contribution in [2.45, 2.75) is 45.2 Å². The molecule has 3 atom stereocenters. The molecule has 7 heteroatoms. The molecule has 0 radical (unpaired) electrons. The Bertz CT molecular complexity index is 627. The van der Waals surface area contributed by atoms with Gasteiger partial charge in [-0.3, -0.25) is 9.69 Å². The van der Waals surface area contributed by atoms with Gasteiger partial charge in [-0.25, -0.2) is 4.79 Å². The van der Waals surface area contributed by atoms with Crippen LogP contribution in [0.25, 0.3) is 0 Å². The van der Waals surface area contributed by atoms with Crippen molar-refractivity contribution >= 4 is 11.9 Å². The van der Waals surface area contributed by atoms with E-state index in [1.54, 1.807) is 0 Å². The fraction of sp³-hybridized carbons (Fsp3) is 0.556. The third-order valence-electron chi connectivity index (χ3n) is 4.55. The zero-order valence-corrected chi connectivity index (χ0v) is 14.7. The lowest BCUT2D eigenvalue weighted by atomic mass is 10.1. The Morgan fingerprint density at radius 2 is 1.92 bits per heavy atom. The number of hydrogen-bond donors (Lipinski definition) is 3. The van der Waals surface area contributed by atoms with Crippen molar-refractivity contribution in [1.82, 2.24) is 20.9 Å². The number of benzene rings is 1. The average molecular weight is 346 g/mol. The summed E-state index contributed by atoms with van der Waals surface area (Å²) in [4.78, 5) is 25.7. The fourth-order valence-corrected chi connectivity index (χ4v) is 3.46. The standard InChI is InChI=1S/C18H26N4O3/c1-12-9-22(10-13(2)25-12)11-15-6-4-3-5-14(15)7-19-17(23)16-8-20-18(24)21-16/h3-6,12-13,16H,7-11H2,1-2H3,(H,19,23)(H2,20,21,24). The highest BCUT2D eigenvalue weighted by Crippen LogP contribution is 2.17. The maximum atomic E-state index is 12.2. The molecular weight excluding hydrogens is 320 g/mol. The van der Waals surface area contributed by atoms with Crippen molar-refractivity contribution in [2.75, 3.05) is 19.6 Å². The van der Waals surface area contributed by atoms with Gasteiger partial charge in [0.1, 0.15) is 6.04 Å². The van der Waals surface area contributed by atoms with Crippen LogP contribution in [0.5, 0.6) is 0 Å². The number of nitrogens with zero attached hydrogens (tertiary/aromatic N) is 1. The highest BCUT2D eigenvalue weighted by atomic mass is 16.5. The van der Waals surface area contributed by atoms with Gasteiger partial charge in [0.05, 0.1) is 12.2 Å². The zero-order chi connectivity index (χ0) is 17.8. The molecule has 3 amide bonds. The molecule has 2 saturated heterocycles. The number of carbonyl (C=O) groups excluding carboxylic acids is 2. The van der Waals surface area contributed by atoms with Crippen LogP contribution in [0.3, 0.4) is 0 Å². The van der Waals surface area contributed by atoms with Crippen LogP contribution in [-0.4, -0.2) is 54.7 Å². The SMILES string of the molecule is CC1CN(Cc2ccccc2CNC(=O)C2CNC(=O)N2)CC(C)O1. The third-order valence-corrected chi connectivity index (χ3v) is 4.55. The van der Waals surface area contributed by atoms with Gasteiger partial charge in [0.15, 0.2) is 0 Å². The summed E-state index contributed by atoms with van der Waals surface area (Å²) in [6.07, 6.45) is 0.461. The maximum Gasteiger partial charge on any atom is 0.315 e. The summed E-state index contributed by atoms with van der Waals surface area (Å²) in [7, 11) is 0. The van der Waals surface area contributed by atoms with E-state index in [1.807, 2.05) is 18.2 Å². The summed E-state index contributed by atoms with van der Waals surface area (Å²) in [5.74, 6) is -0.165. The molecule has 2 heterocycles. The van der Waals surface area contributed by atoms with E-state index in [-0.39, 0.29) is 24.1 Å². The summed E-state index contributed by atoms with van der Waals surface area (Å²) < 4.78 is 5.79. The number of rotatable bonds is 5. The van der Waals surface area contributed by atoms with Crippen LogP contribution < -0.4 is 16.0 Å². The lowest BCUT2D eigenvalue weighted by Crippen LogP contribution is -2.45. The molecule has 25 heavy (non-hydrogen) atoms. The molecule has 7 nitrogen and oxygen atoms in total. The summed E-state index contributed by atoms with van der Waals surface area (Å²) in [6, 6.07) is 7.35. The summed E-state index contributed by atoms with van der Waals surface area (Å²) in [6.45, 7) is 7.63. The van der Waals surface area contributed by atoms with Gasteiger partial charge >= 0.3 is 6.03 Å². The predicted molar refractivity (Wildman–Crippen MR) is 93.9 cm³/mol. The van der Waals surface area contributed by atoms with Crippen LogP contribution in [-0.2, 0) is 22.6 Å². The Labute approximate surface area is 148 Å². The number of hydrogen-bond acceptors (Lipinski definition) is 4. The van der Waals surface area contributed by atoms with Crippen LogP contribution in [0.4, 0.5) is 4.79 Å². The number of ether oxygens (including phenoxy) is 1. The molecule has 3 rings (SSSR count). The van der Waals surface area contributed by atoms with Gasteiger partial charge in [-0.1, -0.05) is 24.3 Å². The molecule has 0 bridgehead atoms. The Kier molecular flexibility index (Phi) is 5.55. The van der Waals surface area contributed by atoms with Gasteiger partial charge in [0, 0.05) is 32.7 Å². The molecule has 2 aliphatic heterocycles. The molecule has 3 unspecified atom stereocenters. The van der Waals surface area contributed by atoms with E-state index in [0.717, 1.165) is 25.2 Å². The highest BCUT2D eigenvalue weighted by Gasteiger charge is 2.27. The van der Waals surface area contributed by atoms with Crippen molar-refractivity contribution in [3.05, 3.63) is 35.4 Å². The Hall–Kier alpha value is -2.12. The van der Waals surface area contributed by atoms with Crippen LogP contribution in [0.2, 0.25) is 0 Å². The minimum absolute atomic E-state index is 0.165. The van der Waals surface area contributed by atoms with Crippen LogP contribution in [0.15, 0.2) is 24.3 Å². The quantitative estimate of drug-likeness (QED) is 0.729. The van der Waals surface area contributed by atoms with Gasteiger partial charge in [0.25, 0.3) is 0 Å². The molecule has 0 saturated carbocycles. The minimum Gasteiger partial charge on any atom is -0.373 e. The van der Waals surface area contributed by atoms with Crippen LogP contribution >= 0.6 is 0 Å². The van der Waals surface area contributed by atoms with E-state index in [9.17, 15) is 9.59 Å². The molecule has 136 valence electrons. The van der Waals surface area contributed by atoms with Crippen LogP contribution in [0, 0.1) is 0 Å². The summed E-state index contributed by atoms with van der Waals surface area (Å²) >= 11 is 0. The van der Waals surface area contributed by atoms with Gasteiger partial charge in [-0.2, -0.15) is 0 Å². The molecule has 2 fully saturated rings. The molecule has 0 aromatic heterocycles. The number of amides is 3. The Morgan fingerprint density at radius 1 is 1.24 bits per heavy atom. The van der Waals surface area contributed by atoms with E-state index in [1.165, 1.54) is 5.56 Å². The number of carbonyl (C=O) groups is 2. The number of morpholine rings is 1. The monoisotopic (exact) mass is 346 g/mol. The first-order valence-electron chi connectivity index (χ1n) is 8.78. The third kappa shape index (κ3) is 4.70. The van der Waals surface area contributed by atoms with Gasteiger partial charge < -0.3 is 20.7 Å². The average Bonchev–Trinajstić information content (AvgIpc) is 2.99. The first-order valence-corrected chi connectivity index (χ1v) is 8.78. The number of urea groups is 1. The zero-order valence-electron chi connectivity index (χ0n) is 14.7. The highest BCUT2D eigenvalue weighted by molar-refractivity contribution is 5.90. The van der Waals surface area contributed by atoms with Crippen molar-refractivity contribution in [2.24, 2.45) is 0 Å². The van der Waals surface area contributed by atoms with Gasteiger partial charge in [0.2, 0.25) is 5.91 Å². The number of nitrogens with one attached hydrogen (secondary N) is 3. The predicted octanol–water partition coefficient (Wildman–Crippen LogP) is 0.593. The van der Waals surface area contributed by atoms with Crippen molar-refractivity contribution in [3.8, 4) is 0 Å². The lowest BCUT2D eigenvalue weighted by Gasteiger charge is -2.35. The second-order valence-corrected chi connectivity index (χ2v) is 6.84. The molecular formula is C18H26N4O3. The Balaban J connectivity index is 1.59. The van der Waals surface area contributed by atoms with Crippen molar-refractivity contribution in [1.29, 1.82) is 0 Å². The fourth-order valence-electron chi connectivity index (χ4n) is 3.46. The second kappa shape index (κ2) is 7.84. The normalized spacial score (nSPS) is 26.8. The van der Waals surface area contributed by atoms with Gasteiger partial charge in [-0.15, -0.1) is 0 Å². The van der Waals surface area contributed by atoms with E-state index in [4.69, 9.17) is 4.74 Å². The van der Waals surface area contributed by atoms with E-state index in [2.05, 4.69) is 40.8 Å². The molecule has 1 aromatic carbocycles. The maximum absolute atomic E-state index is 12.2. The molecule has 1 aromatic rings. The smallest absolute Gasteiger partial charge is 0.315 e. The lowest BCUT2D eigenvalue weighted by molar-refractivity contribution is -0.122. The minimum atomic E-state index is -0.499. The van der Waals surface area contributed by atoms with Crippen molar-refractivity contribution in [3.63, 3.8) is 0 Å². The first-order chi connectivity index (χ1) is 12.0. The molecule has 0 aliphatic carbocycles. The molecule has 3 N–H and O–H groups in total.